The smallest absolute Gasteiger partial charge is 0.321 e. The number of unbranched alkanes of at least 4 members (excludes halogenated alkanes) is 1. The van der Waals surface area contributed by atoms with Crippen molar-refractivity contribution in [3.63, 3.8) is 0 Å². The van der Waals surface area contributed by atoms with Crippen LogP contribution in [0.25, 0.3) is 0 Å². The van der Waals surface area contributed by atoms with Crippen LogP contribution in [-0.2, 0) is 11.2 Å². The van der Waals surface area contributed by atoms with E-state index in [9.17, 15) is 14.7 Å². The lowest BCUT2D eigenvalue weighted by Gasteiger charge is -2.18. The third kappa shape index (κ3) is 5.16. The Morgan fingerprint density at radius 2 is 2.12 bits per heavy atom. The summed E-state index contributed by atoms with van der Waals surface area (Å²) in [6.07, 6.45) is 2.68. The van der Waals surface area contributed by atoms with Gasteiger partial charge in [0.1, 0.15) is 0 Å². The molecule has 25 heavy (non-hydrogen) atoms. The predicted octanol–water partition coefficient (Wildman–Crippen LogP) is 1.69. The van der Waals surface area contributed by atoms with Crippen molar-refractivity contribution in [1.82, 2.24) is 15.2 Å². The highest BCUT2D eigenvalue weighted by molar-refractivity contribution is 5.90. The Bertz CT molecular complexity index is 620. The number of carbonyl (C=O) groups excluding carboxylic acids is 2. The Kier molecular flexibility index (Phi) is 6.75. The SMILES string of the molecule is CCCCc1ccc(NC(=O)N2C[C@@H](CC(=O)NC)[C@H](O)C2)c(C)n1. The number of aliphatic hydroxyl groups excluding tert-OH is 1. The first-order valence-corrected chi connectivity index (χ1v) is 8.85. The van der Waals surface area contributed by atoms with E-state index < -0.39 is 6.10 Å². The molecular weight excluding hydrogens is 320 g/mol. The Labute approximate surface area is 148 Å². The molecule has 2 atom stereocenters. The average Bonchev–Trinajstić information content (AvgIpc) is 2.95. The van der Waals surface area contributed by atoms with Crippen molar-refractivity contribution in [3.05, 3.63) is 23.5 Å². The van der Waals surface area contributed by atoms with Crippen molar-refractivity contribution in [2.75, 3.05) is 25.5 Å². The van der Waals surface area contributed by atoms with Gasteiger partial charge in [-0.05, 0) is 31.9 Å². The number of β-amino-alcohol motifs (C(OH)–C–C–N with tert-alkyl or cyclic N) is 1. The number of hydrogen-bond acceptors (Lipinski definition) is 4. The Morgan fingerprint density at radius 3 is 2.76 bits per heavy atom. The van der Waals surface area contributed by atoms with E-state index in [1.165, 1.54) is 0 Å². The molecule has 0 radical (unpaired) electrons. The summed E-state index contributed by atoms with van der Waals surface area (Å²) in [4.78, 5) is 30.0. The number of likely N-dealkylation sites (tertiary alicyclic amines) is 1. The minimum absolute atomic E-state index is 0.131. The molecule has 0 aliphatic carbocycles. The van der Waals surface area contributed by atoms with Crippen LogP contribution in [0.5, 0.6) is 0 Å². The van der Waals surface area contributed by atoms with Gasteiger partial charge in [0.05, 0.1) is 17.5 Å². The van der Waals surface area contributed by atoms with Gasteiger partial charge in [-0.1, -0.05) is 13.3 Å². The van der Waals surface area contributed by atoms with Gasteiger partial charge in [0, 0.05) is 38.2 Å². The lowest BCUT2D eigenvalue weighted by atomic mass is 10.0. The van der Waals surface area contributed by atoms with Gasteiger partial charge in [0.2, 0.25) is 5.91 Å². The number of rotatable bonds is 6. The second kappa shape index (κ2) is 8.80. The van der Waals surface area contributed by atoms with Crippen molar-refractivity contribution in [2.24, 2.45) is 5.92 Å². The molecule has 0 saturated carbocycles. The van der Waals surface area contributed by atoms with Gasteiger partial charge in [-0.3, -0.25) is 9.78 Å². The molecule has 1 aliphatic rings. The zero-order valence-electron chi connectivity index (χ0n) is 15.2. The number of aromatic nitrogens is 1. The van der Waals surface area contributed by atoms with Crippen molar-refractivity contribution >= 4 is 17.6 Å². The molecule has 1 aromatic heterocycles. The van der Waals surface area contributed by atoms with Gasteiger partial charge in [0.25, 0.3) is 0 Å². The third-order valence-corrected chi connectivity index (χ3v) is 4.59. The van der Waals surface area contributed by atoms with Crippen molar-refractivity contribution < 1.29 is 14.7 Å². The number of pyridine rings is 1. The van der Waals surface area contributed by atoms with Crippen LogP contribution in [0.3, 0.4) is 0 Å². The number of anilines is 1. The van der Waals surface area contributed by atoms with Crippen LogP contribution in [-0.4, -0.2) is 53.2 Å². The summed E-state index contributed by atoms with van der Waals surface area (Å²) in [7, 11) is 1.56. The fourth-order valence-corrected chi connectivity index (χ4v) is 3.00. The first-order valence-electron chi connectivity index (χ1n) is 8.85. The van der Waals surface area contributed by atoms with Crippen molar-refractivity contribution in [3.8, 4) is 0 Å². The van der Waals surface area contributed by atoms with E-state index in [2.05, 4.69) is 22.5 Å². The molecule has 0 spiro atoms. The molecule has 0 unspecified atom stereocenters. The predicted molar refractivity (Wildman–Crippen MR) is 96.4 cm³/mol. The molecule has 3 amide bonds. The first kappa shape index (κ1) is 19.2. The fraction of sp³-hybridized carbons (Fsp3) is 0.611. The van der Waals surface area contributed by atoms with Crippen LogP contribution in [0.2, 0.25) is 0 Å². The minimum atomic E-state index is -0.682. The van der Waals surface area contributed by atoms with Crippen molar-refractivity contribution in [2.45, 2.75) is 45.6 Å². The van der Waals surface area contributed by atoms with Gasteiger partial charge in [-0.15, -0.1) is 0 Å². The van der Waals surface area contributed by atoms with Crippen LogP contribution in [0.15, 0.2) is 12.1 Å². The van der Waals surface area contributed by atoms with E-state index in [-0.39, 0.29) is 30.8 Å². The number of aryl methyl sites for hydroxylation is 2. The van der Waals surface area contributed by atoms with Gasteiger partial charge < -0.3 is 20.6 Å². The highest BCUT2D eigenvalue weighted by Gasteiger charge is 2.35. The summed E-state index contributed by atoms with van der Waals surface area (Å²) in [5.74, 6) is -0.365. The average molecular weight is 348 g/mol. The number of aliphatic hydroxyl groups is 1. The van der Waals surface area contributed by atoms with Crippen molar-refractivity contribution in [1.29, 1.82) is 0 Å². The molecule has 2 rings (SSSR count). The van der Waals surface area contributed by atoms with Crippen LogP contribution in [0.4, 0.5) is 10.5 Å². The summed E-state index contributed by atoms with van der Waals surface area (Å²) in [6.45, 7) is 4.61. The molecule has 0 bridgehead atoms. The lowest BCUT2D eigenvalue weighted by molar-refractivity contribution is -0.122. The van der Waals surface area contributed by atoms with E-state index in [1.807, 2.05) is 19.1 Å². The molecule has 138 valence electrons. The number of nitrogens with zero attached hydrogens (tertiary/aromatic N) is 2. The first-order chi connectivity index (χ1) is 11.9. The molecule has 3 N–H and O–H groups in total. The Hall–Kier alpha value is -2.15. The Morgan fingerprint density at radius 1 is 1.36 bits per heavy atom. The van der Waals surface area contributed by atoms with Gasteiger partial charge in [-0.25, -0.2) is 4.79 Å². The van der Waals surface area contributed by atoms with Crippen LogP contribution < -0.4 is 10.6 Å². The second-order valence-electron chi connectivity index (χ2n) is 6.58. The fourth-order valence-electron chi connectivity index (χ4n) is 3.00. The van der Waals surface area contributed by atoms with E-state index in [1.54, 1.807) is 11.9 Å². The zero-order valence-corrected chi connectivity index (χ0v) is 15.2. The summed E-state index contributed by atoms with van der Waals surface area (Å²) in [5, 5.41) is 15.5. The molecule has 1 aromatic rings. The summed E-state index contributed by atoms with van der Waals surface area (Å²) >= 11 is 0. The molecule has 1 saturated heterocycles. The van der Waals surface area contributed by atoms with E-state index >= 15 is 0 Å². The van der Waals surface area contributed by atoms with Gasteiger partial charge in [0.15, 0.2) is 0 Å². The van der Waals surface area contributed by atoms with Crippen LogP contribution >= 0.6 is 0 Å². The zero-order chi connectivity index (χ0) is 18.4. The number of urea groups is 1. The highest BCUT2D eigenvalue weighted by atomic mass is 16.3. The Balaban J connectivity index is 1.95. The third-order valence-electron chi connectivity index (χ3n) is 4.59. The molecule has 1 aliphatic heterocycles. The summed E-state index contributed by atoms with van der Waals surface area (Å²) in [5.41, 5.74) is 2.48. The normalized spacial score (nSPS) is 19.8. The number of amides is 3. The number of hydrogen-bond donors (Lipinski definition) is 3. The summed E-state index contributed by atoms with van der Waals surface area (Å²) in [6, 6.07) is 3.54. The molecule has 1 fully saturated rings. The second-order valence-corrected chi connectivity index (χ2v) is 6.58. The number of nitrogens with one attached hydrogen (secondary N) is 2. The van der Waals surface area contributed by atoms with E-state index in [0.29, 0.717) is 12.2 Å². The van der Waals surface area contributed by atoms with Crippen LogP contribution in [0, 0.1) is 12.8 Å². The minimum Gasteiger partial charge on any atom is -0.391 e. The van der Waals surface area contributed by atoms with Gasteiger partial charge >= 0.3 is 6.03 Å². The maximum absolute atomic E-state index is 12.4. The highest BCUT2D eigenvalue weighted by Crippen LogP contribution is 2.22. The molecule has 7 heteroatoms. The van der Waals surface area contributed by atoms with E-state index in [4.69, 9.17) is 0 Å². The van der Waals surface area contributed by atoms with Crippen LogP contribution in [0.1, 0.15) is 37.6 Å². The summed E-state index contributed by atoms with van der Waals surface area (Å²) < 4.78 is 0. The number of carbonyl (C=O) groups is 2. The lowest BCUT2D eigenvalue weighted by Crippen LogP contribution is -2.34. The quantitative estimate of drug-likeness (QED) is 0.729. The molecule has 0 aromatic carbocycles. The van der Waals surface area contributed by atoms with Gasteiger partial charge in [-0.2, -0.15) is 0 Å². The topological polar surface area (TPSA) is 94.6 Å². The van der Waals surface area contributed by atoms with E-state index in [0.717, 1.165) is 30.7 Å². The molecule has 7 nitrogen and oxygen atoms in total. The largest absolute Gasteiger partial charge is 0.391 e. The molecular formula is C18H28N4O3. The maximum Gasteiger partial charge on any atom is 0.321 e. The maximum atomic E-state index is 12.4. The monoisotopic (exact) mass is 348 g/mol. The molecule has 2 heterocycles. The standard InChI is InChI=1S/C18H28N4O3/c1-4-5-6-14-7-8-15(12(2)20-14)21-18(25)22-10-13(16(23)11-22)9-17(24)19-3/h7-8,13,16,23H,4-6,9-11H2,1-3H3,(H,19,24)(H,21,25)/t13-,16-/m1/s1.